The second kappa shape index (κ2) is 4.35. The summed E-state index contributed by atoms with van der Waals surface area (Å²) in [5.74, 6) is 1.15. The third-order valence-electron chi connectivity index (χ3n) is 3.13. The quantitative estimate of drug-likeness (QED) is 0.797. The van der Waals surface area contributed by atoms with Gasteiger partial charge >= 0.3 is 0 Å². The Morgan fingerprint density at radius 3 is 2.94 bits per heavy atom. The van der Waals surface area contributed by atoms with E-state index in [1.54, 1.807) is 0 Å². The maximum Gasteiger partial charge on any atom is 0.228 e. The minimum absolute atomic E-state index is 0.241. The van der Waals surface area contributed by atoms with Gasteiger partial charge in [0.1, 0.15) is 0 Å². The van der Waals surface area contributed by atoms with Crippen LogP contribution in [0.1, 0.15) is 18.7 Å². The fourth-order valence-corrected chi connectivity index (χ4v) is 2.38. The van der Waals surface area contributed by atoms with Gasteiger partial charge in [0.2, 0.25) is 11.7 Å². The molecule has 1 aliphatic carbocycles. The summed E-state index contributed by atoms with van der Waals surface area (Å²) in [6.07, 6.45) is 2.44. The van der Waals surface area contributed by atoms with Crippen molar-refractivity contribution in [3.8, 4) is 17.5 Å². The molecule has 5 heteroatoms. The second-order valence-electron chi connectivity index (χ2n) is 4.59. The molecule has 1 aromatic heterocycles. The lowest BCUT2D eigenvalue weighted by atomic mass is 10.1. The van der Waals surface area contributed by atoms with Crippen LogP contribution in [0.25, 0.3) is 11.4 Å². The van der Waals surface area contributed by atoms with Gasteiger partial charge in [-0.1, -0.05) is 17.3 Å². The standard InChI is InChI=1S/C13H10IN3O/c14-10-3-1-2-9(6-10)12-16-11(18-17-12)7-13(8-15)4-5-13/h1-3,6H,4-5,7H2. The second-order valence-corrected chi connectivity index (χ2v) is 5.84. The van der Waals surface area contributed by atoms with E-state index in [-0.39, 0.29) is 5.41 Å². The molecule has 2 aromatic rings. The molecule has 3 rings (SSSR count). The molecule has 0 radical (unpaired) electrons. The van der Waals surface area contributed by atoms with E-state index < -0.39 is 0 Å². The third kappa shape index (κ3) is 2.25. The van der Waals surface area contributed by atoms with E-state index in [1.165, 1.54) is 0 Å². The molecule has 0 saturated heterocycles. The first-order chi connectivity index (χ1) is 8.71. The Kier molecular flexibility index (Phi) is 2.82. The molecule has 90 valence electrons. The van der Waals surface area contributed by atoms with Crippen molar-refractivity contribution in [3.05, 3.63) is 33.7 Å². The monoisotopic (exact) mass is 351 g/mol. The molecule has 0 atom stereocenters. The number of nitriles is 1. The normalized spacial score (nSPS) is 16.2. The van der Waals surface area contributed by atoms with Crippen LogP contribution in [0, 0.1) is 20.3 Å². The van der Waals surface area contributed by atoms with Crippen LogP contribution < -0.4 is 0 Å². The maximum atomic E-state index is 9.04. The summed E-state index contributed by atoms with van der Waals surface area (Å²) in [6, 6.07) is 10.3. The molecule has 0 aliphatic heterocycles. The predicted molar refractivity (Wildman–Crippen MR) is 73.4 cm³/mol. The smallest absolute Gasteiger partial charge is 0.228 e. The molecule has 0 N–H and O–H groups in total. The molecule has 0 spiro atoms. The van der Waals surface area contributed by atoms with Crippen molar-refractivity contribution in [2.75, 3.05) is 0 Å². The summed E-state index contributed by atoms with van der Waals surface area (Å²) in [5.41, 5.74) is 0.702. The molecule has 1 aromatic carbocycles. The van der Waals surface area contributed by atoms with Gasteiger partial charge in [0.05, 0.1) is 11.5 Å². The molecular formula is C13H10IN3O. The Balaban J connectivity index is 1.84. The van der Waals surface area contributed by atoms with Crippen molar-refractivity contribution < 1.29 is 4.52 Å². The average Bonchev–Trinajstić information content (AvgIpc) is 2.99. The molecular weight excluding hydrogens is 341 g/mol. The number of hydrogen-bond acceptors (Lipinski definition) is 4. The highest BCUT2D eigenvalue weighted by atomic mass is 127. The van der Waals surface area contributed by atoms with Crippen molar-refractivity contribution in [3.63, 3.8) is 0 Å². The lowest BCUT2D eigenvalue weighted by molar-refractivity contribution is 0.363. The molecule has 1 heterocycles. The van der Waals surface area contributed by atoms with Crippen LogP contribution >= 0.6 is 22.6 Å². The van der Waals surface area contributed by atoms with Gasteiger partial charge in [-0.3, -0.25) is 0 Å². The van der Waals surface area contributed by atoms with Crippen LogP contribution in [-0.2, 0) is 6.42 Å². The summed E-state index contributed by atoms with van der Waals surface area (Å²) >= 11 is 2.25. The summed E-state index contributed by atoms with van der Waals surface area (Å²) in [6.45, 7) is 0. The number of benzene rings is 1. The summed E-state index contributed by atoms with van der Waals surface area (Å²) in [5, 5.41) is 13.0. The van der Waals surface area contributed by atoms with Gasteiger partial charge in [-0.2, -0.15) is 10.2 Å². The highest BCUT2D eigenvalue weighted by molar-refractivity contribution is 14.1. The summed E-state index contributed by atoms with van der Waals surface area (Å²) in [4.78, 5) is 4.36. The van der Waals surface area contributed by atoms with Crippen LogP contribution in [0.3, 0.4) is 0 Å². The van der Waals surface area contributed by atoms with E-state index in [0.717, 1.165) is 22.0 Å². The van der Waals surface area contributed by atoms with Crippen LogP contribution in [0.15, 0.2) is 28.8 Å². The fourth-order valence-electron chi connectivity index (χ4n) is 1.84. The van der Waals surface area contributed by atoms with Crippen LogP contribution in [0.2, 0.25) is 0 Å². The molecule has 18 heavy (non-hydrogen) atoms. The van der Waals surface area contributed by atoms with Gasteiger partial charge in [-0.05, 0) is 47.6 Å². The zero-order valence-corrected chi connectivity index (χ0v) is 11.7. The van der Waals surface area contributed by atoms with Crippen molar-refractivity contribution in [2.24, 2.45) is 5.41 Å². The Hall–Kier alpha value is -1.42. The predicted octanol–water partition coefficient (Wildman–Crippen LogP) is 3.19. The van der Waals surface area contributed by atoms with Crippen molar-refractivity contribution in [2.45, 2.75) is 19.3 Å². The van der Waals surface area contributed by atoms with Crippen LogP contribution in [-0.4, -0.2) is 10.1 Å². The van der Waals surface area contributed by atoms with E-state index in [0.29, 0.717) is 18.1 Å². The third-order valence-corrected chi connectivity index (χ3v) is 3.80. The molecule has 0 unspecified atom stereocenters. The summed E-state index contributed by atoms with van der Waals surface area (Å²) < 4.78 is 6.35. The largest absolute Gasteiger partial charge is 0.339 e. The average molecular weight is 351 g/mol. The van der Waals surface area contributed by atoms with Gasteiger partial charge < -0.3 is 4.52 Å². The first-order valence-corrected chi connectivity index (χ1v) is 6.78. The first-order valence-electron chi connectivity index (χ1n) is 5.71. The molecule has 0 bridgehead atoms. The van der Waals surface area contributed by atoms with Crippen molar-refractivity contribution in [1.29, 1.82) is 5.26 Å². The van der Waals surface area contributed by atoms with Crippen LogP contribution in [0.4, 0.5) is 0 Å². The molecule has 0 amide bonds. The van der Waals surface area contributed by atoms with E-state index in [2.05, 4.69) is 38.8 Å². The van der Waals surface area contributed by atoms with Crippen LogP contribution in [0.5, 0.6) is 0 Å². The lowest BCUT2D eigenvalue weighted by Gasteiger charge is -1.98. The molecule has 4 nitrogen and oxygen atoms in total. The Morgan fingerprint density at radius 2 is 2.28 bits per heavy atom. The van der Waals surface area contributed by atoms with E-state index in [4.69, 9.17) is 9.78 Å². The number of hydrogen-bond donors (Lipinski definition) is 0. The van der Waals surface area contributed by atoms with E-state index in [9.17, 15) is 0 Å². The number of aromatic nitrogens is 2. The zero-order valence-electron chi connectivity index (χ0n) is 9.56. The minimum Gasteiger partial charge on any atom is -0.339 e. The summed E-state index contributed by atoms with van der Waals surface area (Å²) in [7, 11) is 0. The van der Waals surface area contributed by atoms with Gasteiger partial charge in [0.15, 0.2) is 0 Å². The number of nitrogens with zero attached hydrogens (tertiary/aromatic N) is 3. The highest BCUT2D eigenvalue weighted by Crippen LogP contribution is 2.47. The highest BCUT2D eigenvalue weighted by Gasteiger charge is 2.44. The Labute approximate surface area is 118 Å². The minimum atomic E-state index is -0.241. The van der Waals surface area contributed by atoms with Gasteiger partial charge in [0.25, 0.3) is 0 Å². The Morgan fingerprint density at radius 1 is 1.44 bits per heavy atom. The lowest BCUT2D eigenvalue weighted by Crippen LogP contribution is -2.01. The topological polar surface area (TPSA) is 62.7 Å². The van der Waals surface area contributed by atoms with E-state index >= 15 is 0 Å². The van der Waals surface area contributed by atoms with Gasteiger partial charge in [-0.25, -0.2) is 0 Å². The van der Waals surface area contributed by atoms with Gasteiger partial charge in [-0.15, -0.1) is 0 Å². The molecule has 1 saturated carbocycles. The Bertz CT molecular complexity index is 625. The number of rotatable bonds is 3. The number of halogens is 1. The molecule has 1 aliphatic rings. The fraction of sp³-hybridized carbons (Fsp3) is 0.308. The van der Waals surface area contributed by atoms with Gasteiger partial charge in [0, 0.05) is 15.6 Å². The zero-order chi connectivity index (χ0) is 12.6. The maximum absolute atomic E-state index is 9.04. The molecule has 1 fully saturated rings. The SMILES string of the molecule is N#CC1(Cc2nc(-c3cccc(I)c3)no2)CC1. The van der Waals surface area contributed by atoms with Crippen molar-refractivity contribution in [1.82, 2.24) is 10.1 Å². The van der Waals surface area contributed by atoms with Crippen molar-refractivity contribution >= 4 is 22.6 Å². The first kappa shape index (κ1) is 11.7. The van der Waals surface area contributed by atoms with E-state index in [1.807, 2.05) is 24.3 Å².